The number of anilines is 1. The summed E-state index contributed by atoms with van der Waals surface area (Å²) >= 11 is 6.05. The van der Waals surface area contributed by atoms with Crippen LogP contribution in [0.2, 0.25) is 5.02 Å². The number of nitrogens with zero attached hydrogens (tertiary/aromatic N) is 3. The van der Waals surface area contributed by atoms with Crippen LogP contribution in [0, 0.1) is 5.92 Å². The molecule has 1 aliphatic heterocycles. The van der Waals surface area contributed by atoms with Gasteiger partial charge in [0.1, 0.15) is 10.6 Å². The van der Waals surface area contributed by atoms with Crippen molar-refractivity contribution in [3.63, 3.8) is 0 Å². The van der Waals surface area contributed by atoms with Gasteiger partial charge in [0.15, 0.2) is 5.82 Å². The van der Waals surface area contributed by atoms with E-state index in [0.29, 0.717) is 35.9 Å². The number of halogens is 1. The largest absolute Gasteiger partial charge is 0.467 e. The van der Waals surface area contributed by atoms with Gasteiger partial charge < -0.3 is 14.7 Å². The molecule has 0 aromatic carbocycles. The van der Waals surface area contributed by atoms with Crippen molar-refractivity contribution in [3.8, 4) is 6.01 Å². The number of aromatic nitrogens is 2. The van der Waals surface area contributed by atoms with Gasteiger partial charge in [-0.25, -0.2) is 4.98 Å². The molecule has 0 spiro atoms. The standard InChI is InChI=1S/C11H14ClN3O2/c1-17-10-13-4-8(12)9(14-10)15-5-11(16,6-15)7-2-3-7/h4,7,16H,2-3,5-6H2,1H3. The first kappa shape index (κ1) is 11.0. The maximum absolute atomic E-state index is 10.2. The highest BCUT2D eigenvalue weighted by molar-refractivity contribution is 6.32. The van der Waals surface area contributed by atoms with Gasteiger partial charge in [0.25, 0.3) is 0 Å². The van der Waals surface area contributed by atoms with Crippen molar-refractivity contribution in [3.05, 3.63) is 11.2 Å². The number of rotatable bonds is 3. The van der Waals surface area contributed by atoms with Crippen LogP contribution >= 0.6 is 11.6 Å². The van der Waals surface area contributed by atoms with Crippen LogP contribution in [0.3, 0.4) is 0 Å². The Morgan fingerprint density at radius 1 is 1.53 bits per heavy atom. The molecule has 6 heteroatoms. The molecule has 0 atom stereocenters. The van der Waals surface area contributed by atoms with Gasteiger partial charge in [0.05, 0.1) is 26.4 Å². The lowest BCUT2D eigenvalue weighted by molar-refractivity contribution is -0.00979. The highest BCUT2D eigenvalue weighted by atomic mass is 35.5. The SMILES string of the molecule is COc1ncc(Cl)c(N2CC(O)(C3CC3)C2)n1. The quantitative estimate of drug-likeness (QED) is 0.877. The van der Waals surface area contributed by atoms with Crippen LogP contribution in [-0.4, -0.2) is 40.9 Å². The lowest BCUT2D eigenvalue weighted by Crippen LogP contribution is -2.63. The van der Waals surface area contributed by atoms with E-state index in [1.807, 2.05) is 4.90 Å². The predicted octanol–water partition coefficient (Wildman–Crippen LogP) is 1.10. The van der Waals surface area contributed by atoms with E-state index in [1.165, 1.54) is 13.3 Å². The van der Waals surface area contributed by atoms with Crippen molar-refractivity contribution in [1.82, 2.24) is 9.97 Å². The average Bonchev–Trinajstić information content (AvgIpc) is 3.10. The Balaban J connectivity index is 1.77. The number of methoxy groups -OCH3 is 1. The van der Waals surface area contributed by atoms with Crippen molar-refractivity contribution in [2.45, 2.75) is 18.4 Å². The smallest absolute Gasteiger partial charge is 0.318 e. The number of ether oxygens (including phenoxy) is 1. The molecular weight excluding hydrogens is 242 g/mol. The van der Waals surface area contributed by atoms with E-state index in [-0.39, 0.29) is 0 Å². The van der Waals surface area contributed by atoms with E-state index in [4.69, 9.17) is 16.3 Å². The van der Waals surface area contributed by atoms with E-state index in [2.05, 4.69) is 9.97 Å². The molecule has 1 saturated heterocycles. The topological polar surface area (TPSA) is 58.5 Å². The lowest BCUT2D eigenvalue weighted by Gasteiger charge is -2.47. The number of hydrogen-bond acceptors (Lipinski definition) is 5. The molecule has 0 bridgehead atoms. The van der Waals surface area contributed by atoms with Crippen LogP contribution < -0.4 is 9.64 Å². The van der Waals surface area contributed by atoms with Gasteiger partial charge in [-0.2, -0.15) is 4.98 Å². The fourth-order valence-corrected chi connectivity index (χ4v) is 2.52. The van der Waals surface area contributed by atoms with Gasteiger partial charge in [0.2, 0.25) is 0 Å². The molecule has 1 aliphatic carbocycles. The van der Waals surface area contributed by atoms with Crippen molar-refractivity contribution < 1.29 is 9.84 Å². The van der Waals surface area contributed by atoms with Crippen molar-refractivity contribution >= 4 is 17.4 Å². The summed E-state index contributed by atoms with van der Waals surface area (Å²) in [7, 11) is 1.52. The van der Waals surface area contributed by atoms with E-state index in [1.54, 1.807) is 0 Å². The zero-order valence-corrected chi connectivity index (χ0v) is 10.3. The zero-order chi connectivity index (χ0) is 12.0. The van der Waals surface area contributed by atoms with Crippen molar-refractivity contribution in [2.24, 2.45) is 5.92 Å². The molecule has 2 fully saturated rings. The molecule has 1 aromatic heterocycles. The average molecular weight is 256 g/mol. The summed E-state index contributed by atoms with van der Waals surface area (Å²) in [5, 5.41) is 10.7. The zero-order valence-electron chi connectivity index (χ0n) is 9.56. The van der Waals surface area contributed by atoms with Crippen molar-refractivity contribution in [1.29, 1.82) is 0 Å². The Bertz CT molecular complexity index is 444. The molecule has 1 aromatic rings. The Morgan fingerprint density at radius 3 is 2.82 bits per heavy atom. The van der Waals surface area contributed by atoms with Crippen LogP contribution in [0.4, 0.5) is 5.82 Å². The molecule has 17 heavy (non-hydrogen) atoms. The lowest BCUT2D eigenvalue weighted by atomic mass is 9.89. The fraction of sp³-hybridized carbons (Fsp3) is 0.636. The monoisotopic (exact) mass is 255 g/mol. The maximum atomic E-state index is 10.2. The van der Waals surface area contributed by atoms with Crippen molar-refractivity contribution in [2.75, 3.05) is 25.1 Å². The molecule has 0 amide bonds. The molecule has 2 heterocycles. The fourth-order valence-electron chi connectivity index (χ4n) is 2.31. The van der Waals surface area contributed by atoms with Crippen LogP contribution in [0.15, 0.2) is 6.20 Å². The van der Waals surface area contributed by atoms with Crippen LogP contribution in [0.5, 0.6) is 6.01 Å². The molecule has 3 rings (SSSR count). The minimum atomic E-state index is -0.540. The summed E-state index contributed by atoms with van der Waals surface area (Å²) in [6, 6.07) is 0.297. The van der Waals surface area contributed by atoms with E-state index >= 15 is 0 Å². The highest BCUT2D eigenvalue weighted by Crippen LogP contribution is 2.46. The van der Waals surface area contributed by atoms with E-state index < -0.39 is 5.60 Å². The third kappa shape index (κ3) is 1.83. The summed E-state index contributed by atoms with van der Waals surface area (Å²) in [6.45, 7) is 1.19. The van der Waals surface area contributed by atoms with Gasteiger partial charge in [-0.15, -0.1) is 0 Å². The molecule has 0 radical (unpaired) electrons. The van der Waals surface area contributed by atoms with Crippen LogP contribution in [-0.2, 0) is 0 Å². The third-order valence-electron chi connectivity index (χ3n) is 3.45. The normalized spacial score (nSPS) is 22.2. The minimum Gasteiger partial charge on any atom is -0.467 e. The Hall–Kier alpha value is -1.07. The molecule has 5 nitrogen and oxygen atoms in total. The molecule has 2 aliphatic rings. The van der Waals surface area contributed by atoms with Gasteiger partial charge in [-0.3, -0.25) is 0 Å². The number of aliphatic hydroxyl groups is 1. The second-order valence-corrected chi connectivity index (χ2v) is 5.17. The van der Waals surface area contributed by atoms with Gasteiger partial charge >= 0.3 is 6.01 Å². The Kier molecular flexibility index (Phi) is 2.41. The first-order valence-electron chi connectivity index (χ1n) is 5.66. The second-order valence-electron chi connectivity index (χ2n) is 4.76. The second kappa shape index (κ2) is 3.71. The summed E-state index contributed by atoms with van der Waals surface area (Å²) < 4.78 is 4.97. The van der Waals surface area contributed by atoms with Gasteiger partial charge in [-0.05, 0) is 18.8 Å². The minimum absolute atomic E-state index is 0.297. The van der Waals surface area contributed by atoms with E-state index in [0.717, 1.165) is 12.8 Å². The molecule has 1 N–H and O–H groups in total. The molecule has 92 valence electrons. The molecular formula is C11H14ClN3O2. The van der Waals surface area contributed by atoms with Gasteiger partial charge in [-0.1, -0.05) is 11.6 Å². The predicted molar refractivity (Wildman–Crippen MR) is 63.5 cm³/mol. The highest BCUT2D eigenvalue weighted by Gasteiger charge is 2.52. The summed E-state index contributed by atoms with van der Waals surface area (Å²) in [5.41, 5.74) is -0.540. The third-order valence-corrected chi connectivity index (χ3v) is 3.72. The molecule has 0 unspecified atom stereocenters. The maximum Gasteiger partial charge on any atom is 0.318 e. The summed E-state index contributed by atoms with van der Waals surface area (Å²) in [6.07, 6.45) is 3.79. The van der Waals surface area contributed by atoms with Crippen LogP contribution in [0.25, 0.3) is 0 Å². The summed E-state index contributed by atoms with van der Waals surface area (Å²) in [4.78, 5) is 10.1. The van der Waals surface area contributed by atoms with Gasteiger partial charge in [0, 0.05) is 0 Å². The summed E-state index contributed by atoms with van der Waals surface area (Å²) in [5.74, 6) is 1.10. The number of hydrogen-bond donors (Lipinski definition) is 1. The Morgan fingerprint density at radius 2 is 2.24 bits per heavy atom. The molecule has 1 saturated carbocycles. The van der Waals surface area contributed by atoms with Crippen LogP contribution in [0.1, 0.15) is 12.8 Å². The van der Waals surface area contributed by atoms with E-state index in [9.17, 15) is 5.11 Å². The first-order valence-corrected chi connectivity index (χ1v) is 6.04. The Labute approximate surface area is 104 Å². The number of β-amino-alcohol motifs (C(OH)–C–C–N with tert-alkyl or cyclic N) is 1. The first-order chi connectivity index (χ1) is 8.12.